The van der Waals surface area contributed by atoms with Gasteiger partial charge in [-0.15, -0.1) is 0 Å². The Kier molecular flexibility index (Phi) is 5.77. The van der Waals surface area contributed by atoms with Crippen LogP contribution in [0.4, 0.5) is 5.69 Å². The van der Waals surface area contributed by atoms with Gasteiger partial charge < -0.3 is 9.74 Å². The van der Waals surface area contributed by atoms with E-state index in [2.05, 4.69) is 20.2 Å². The van der Waals surface area contributed by atoms with Gasteiger partial charge in [-0.05, 0) is 31.2 Å². The lowest BCUT2D eigenvalue weighted by Gasteiger charge is -2.19. The van der Waals surface area contributed by atoms with Crippen LogP contribution in [-0.2, 0) is 9.63 Å². The van der Waals surface area contributed by atoms with Gasteiger partial charge in [-0.25, -0.2) is 4.68 Å². The summed E-state index contributed by atoms with van der Waals surface area (Å²) in [5.41, 5.74) is 1.65. The molecule has 3 aromatic rings. The Morgan fingerprint density at radius 1 is 1.30 bits per heavy atom. The molecular formula is C18H17ClN6O2. The molecule has 0 aliphatic carbocycles. The predicted molar refractivity (Wildman–Crippen MR) is 102 cm³/mol. The van der Waals surface area contributed by atoms with E-state index in [1.54, 1.807) is 53.7 Å². The molecule has 3 heterocycles. The fourth-order valence-corrected chi connectivity index (χ4v) is 2.72. The van der Waals surface area contributed by atoms with Crippen LogP contribution in [0, 0.1) is 0 Å². The molecule has 8 nitrogen and oxygen atoms in total. The van der Waals surface area contributed by atoms with Crippen molar-refractivity contribution in [2.24, 2.45) is 5.16 Å². The summed E-state index contributed by atoms with van der Waals surface area (Å²) in [7, 11) is 1.37. The average Bonchev–Trinajstić information content (AvgIpc) is 3.09. The number of hydrogen-bond donors (Lipinski definition) is 0. The average molecular weight is 385 g/mol. The van der Waals surface area contributed by atoms with E-state index in [1.807, 2.05) is 13.0 Å². The first-order chi connectivity index (χ1) is 13.2. The first-order valence-electron chi connectivity index (χ1n) is 8.15. The Balaban J connectivity index is 1.98. The summed E-state index contributed by atoms with van der Waals surface area (Å²) >= 11 is 6.31. The summed E-state index contributed by atoms with van der Waals surface area (Å²) in [6, 6.07) is 8.83. The quantitative estimate of drug-likeness (QED) is 0.482. The van der Waals surface area contributed by atoms with Gasteiger partial charge in [-0.1, -0.05) is 22.8 Å². The van der Waals surface area contributed by atoms with Crippen LogP contribution in [0.1, 0.15) is 12.6 Å². The van der Waals surface area contributed by atoms with E-state index in [-0.39, 0.29) is 10.9 Å². The van der Waals surface area contributed by atoms with Gasteiger partial charge in [-0.2, -0.15) is 5.10 Å². The monoisotopic (exact) mass is 384 g/mol. The van der Waals surface area contributed by atoms with Crippen molar-refractivity contribution in [1.82, 2.24) is 19.7 Å². The van der Waals surface area contributed by atoms with Crippen LogP contribution in [0.5, 0.6) is 0 Å². The highest BCUT2D eigenvalue weighted by molar-refractivity contribution is 6.49. The van der Waals surface area contributed by atoms with Gasteiger partial charge in [0.15, 0.2) is 10.9 Å². The van der Waals surface area contributed by atoms with Crippen LogP contribution in [0.3, 0.4) is 0 Å². The third-order valence-electron chi connectivity index (χ3n) is 3.71. The molecule has 3 rings (SSSR count). The van der Waals surface area contributed by atoms with Crippen LogP contribution in [0.15, 0.2) is 60.3 Å². The largest absolute Gasteiger partial charge is 0.398 e. The maximum atomic E-state index is 13.1. The molecule has 0 radical (unpaired) electrons. The molecule has 138 valence electrons. The third kappa shape index (κ3) is 3.95. The number of likely N-dealkylation sites (N-methyl/N-ethyl adjacent to an activating group) is 1. The predicted octanol–water partition coefficient (Wildman–Crippen LogP) is 2.72. The van der Waals surface area contributed by atoms with Crippen LogP contribution >= 0.6 is 11.6 Å². The maximum absolute atomic E-state index is 13.1. The minimum atomic E-state index is -0.398. The minimum absolute atomic E-state index is 0.0742. The lowest BCUT2D eigenvalue weighted by molar-refractivity contribution is -0.112. The molecule has 0 saturated heterocycles. The maximum Gasteiger partial charge on any atom is 0.282 e. The highest BCUT2D eigenvalue weighted by Gasteiger charge is 2.26. The summed E-state index contributed by atoms with van der Waals surface area (Å²) in [6.07, 6.45) is 6.57. The number of nitrogens with zero attached hydrogens (tertiary/aromatic N) is 6. The topological polar surface area (TPSA) is 85.5 Å². The van der Waals surface area contributed by atoms with Gasteiger partial charge in [0.05, 0.1) is 23.8 Å². The number of anilines is 1. The van der Waals surface area contributed by atoms with Gasteiger partial charge >= 0.3 is 0 Å². The summed E-state index contributed by atoms with van der Waals surface area (Å²) in [4.78, 5) is 27.7. The van der Waals surface area contributed by atoms with Crippen molar-refractivity contribution in [2.45, 2.75) is 6.92 Å². The van der Waals surface area contributed by atoms with Crippen molar-refractivity contribution in [1.29, 1.82) is 0 Å². The molecule has 0 spiro atoms. The number of carbonyl (C=O) groups is 1. The molecule has 0 saturated carbocycles. The summed E-state index contributed by atoms with van der Waals surface area (Å²) < 4.78 is 1.56. The Morgan fingerprint density at radius 3 is 2.78 bits per heavy atom. The molecule has 0 fully saturated rings. The molecular weight excluding hydrogens is 368 g/mol. The summed E-state index contributed by atoms with van der Waals surface area (Å²) in [5.74, 6) is -0.398. The third-order valence-corrected chi connectivity index (χ3v) is 3.98. The molecule has 27 heavy (non-hydrogen) atoms. The smallest absolute Gasteiger partial charge is 0.282 e. The highest BCUT2D eigenvalue weighted by Crippen LogP contribution is 2.26. The number of pyridine rings is 2. The van der Waals surface area contributed by atoms with E-state index in [1.165, 1.54) is 12.0 Å². The van der Waals surface area contributed by atoms with E-state index < -0.39 is 5.91 Å². The number of aromatic nitrogens is 4. The summed E-state index contributed by atoms with van der Waals surface area (Å²) in [5, 5.41) is 8.32. The zero-order valence-corrected chi connectivity index (χ0v) is 15.5. The molecule has 3 aromatic heterocycles. The lowest BCUT2D eigenvalue weighted by Crippen LogP contribution is -2.37. The minimum Gasteiger partial charge on any atom is -0.398 e. The number of rotatable bonds is 6. The van der Waals surface area contributed by atoms with E-state index in [4.69, 9.17) is 16.4 Å². The van der Waals surface area contributed by atoms with Gasteiger partial charge in [0, 0.05) is 18.9 Å². The van der Waals surface area contributed by atoms with Gasteiger partial charge in [0.2, 0.25) is 0 Å². The van der Waals surface area contributed by atoms with Crippen molar-refractivity contribution >= 4 is 28.9 Å². The van der Waals surface area contributed by atoms with Crippen molar-refractivity contribution in [3.8, 4) is 5.69 Å². The standard InChI is InChI=1S/C18H17ClN6O2/c1-3-24(18(26)16(23-27-2)14-8-4-5-10-21-14)15-12-25(22-17(15)19)13-7-6-9-20-11-13/h4-12H,3H2,1-2H3/b23-16+. The Labute approximate surface area is 161 Å². The van der Waals surface area contributed by atoms with E-state index >= 15 is 0 Å². The molecule has 0 bridgehead atoms. The van der Waals surface area contributed by atoms with Gasteiger partial charge in [0.25, 0.3) is 5.91 Å². The number of halogens is 1. The van der Waals surface area contributed by atoms with Crippen LogP contribution < -0.4 is 4.90 Å². The molecule has 0 aliphatic rings. The second-order valence-corrected chi connectivity index (χ2v) is 5.71. The van der Waals surface area contributed by atoms with Crippen LogP contribution in [0.2, 0.25) is 5.15 Å². The molecule has 0 unspecified atom stereocenters. The van der Waals surface area contributed by atoms with E-state index in [0.717, 1.165) is 5.69 Å². The summed E-state index contributed by atoms with van der Waals surface area (Å²) in [6.45, 7) is 2.19. The normalized spacial score (nSPS) is 11.3. The first-order valence-corrected chi connectivity index (χ1v) is 8.53. The van der Waals surface area contributed by atoms with Crippen molar-refractivity contribution in [2.75, 3.05) is 18.6 Å². The molecule has 9 heteroatoms. The fourth-order valence-electron chi connectivity index (χ4n) is 2.49. The van der Waals surface area contributed by atoms with Crippen LogP contribution in [0.25, 0.3) is 5.69 Å². The number of amides is 1. The molecule has 0 aromatic carbocycles. The van der Waals surface area contributed by atoms with Gasteiger partial charge in [0.1, 0.15) is 12.8 Å². The second-order valence-electron chi connectivity index (χ2n) is 5.35. The van der Waals surface area contributed by atoms with E-state index in [9.17, 15) is 4.79 Å². The second kappa shape index (κ2) is 8.41. The molecule has 0 atom stereocenters. The number of hydrogen-bond acceptors (Lipinski definition) is 6. The Hall–Kier alpha value is -3.26. The Bertz CT molecular complexity index is 943. The first kappa shape index (κ1) is 18.5. The highest BCUT2D eigenvalue weighted by atomic mass is 35.5. The molecule has 1 amide bonds. The fraction of sp³-hybridized carbons (Fsp3) is 0.167. The number of oxime groups is 1. The van der Waals surface area contributed by atoms with Gasteiger partial charge in [-0.3, -0.25) is 14.8 Å². The zero-order chi connectivity index (χ0) is 19.2. The SMILES string of the molecule is CCN(C(=O)/C(=N/OC)c1ccccn1)c1cn(-c2cccnc2)nc1Cl. The number of carbonyl (C=O) groups excluding carboxylic acids is 1. The van der Waals surface area contributed by atoms with Crippen molar-refractivity contribution in [3.63, 3.8) is 0 Å². The van der Waals surface area contributed by atoms with Crippen molar-refractivity contribution < 1.29 is 9.63 Å². The molecule has 0 N–H and O–H groups in total. The Morgan fingerprint density at radius 2 is 2.15 bits per heavy atom. The molecule has 0 aliphatic heterocycles. The van der Waals surface area contributed by atoms with Crippen molar-refractivity contribution in [3.05, 3.63) is 66.0 Å². The zero-order valence-electron chi connectivity index (χ0n) is 14.8. The van der Waals surface area contributed by atoms with E-state index in [0.29, 0.717) is 17.9 Å². The van der Waals surface area contributed by atoms with Crippen LogP contribution in [-0.4, -0.2) is 45.0 Å². The lowest BCUT2D eigenvalue weighted by atomic mass is 10.2.